The van der Waals surface area contributed by atoms with Gasteiger partial charge in [-0.3, -0.25) is 9.78 Å². The molecular weight excluding hydrogens is 440 g/mol. The highest BCUT2D eigenvalue weighted by molar-refractivity contribution is 6.06. The molecule has 0 bridgehead atoms. The molecule has 7 nitrogen and oxygen atoms in total. The Bertz CT molecular complexity index is 1430. The van der Waals surface area contributed by atoms with Gasteiger partial charge >= 0.3 is 5.97 Å². The number of aromatic nitrogens is 3. The standard InChI is InChI=1S/C28H28N4O3/c1-17-13-14-24-22(15-17)26(21-11-7-8-12-23(21)29-24)28(34)35-16-25(33)30-27-18(2)31-32(19(27)3)20-9-5-4-6-10-20/h4-12,17H,13-16H2,1-3H3,(H,30,33). The molecule has 5 rings (SSSR count). The molecule has 1 unspecified atom stereocenters. The molecule has 0 spiro atoms. The van der Waals surface area contributed by atoms with Gasteiger partial charge in [0.25, 0.3) is 5.91 Å². The van der Waals surface area contributed by atoms with Crippen molar-refractivity contribution >= 4 is 28.5 Å². The van der Waals surface area contributed by atoms with E-state index < -0.39 is 11.9 Å². The molecular formula is C28H28N4O3. The molecule has 1 aliphatic rings. The molecule has 178 valence electrons. The molecule has 1 atom stereocenters. The lowest BCUT2D eigenvalue weighted by Crippen LogP contribution is -2.24. The SMILES string of the molecule is Cc1nn(-c2ccccc2)c(C)c1NC(=O)COC(=O)c1c2c(nc3ccccc13)CCC(C)C2. The van der Waals surface area contributed by atoms with Gasteiger partial charge in [0, 0.05) is 11.1 Å². The summed E-state index contributed by atoms with van der Waals surface area (Å²) >= 11 is 0. The molecule has 2 aromatic carbocycles. The molecule has 0 saturated heterocycles. The second kappa shape index (κ2) is 9.33. The van der Waals surface area contributed by atoms with E-state index in [2.05, 4.69) is 17.3 Å². The summed E-state index contributed by atoms with van der Waals surface area (Å²) in [5.74, 6) is -0.428. The Balaban J connectivity index is 1.35. The van der Waals surface area contributed by atoms with Crippen molar-refractivity contribution in [3.8, 4) is 5.69 Å². The summed E-state index contributed by atoms with van der Waals surface area (Å²) < 4.78 is 7.32. The van der Waals surface area contributed by atoms with Gasteiger partial charge in [-0.1, -0.05) is 43.3 Å². The van der Waals surface area contributed by atoms with Gasteiger partial charge in [0.1, 0.15) is 0 Å². The molecule has 7 heteroatoms. The number of carbonyl (C=O) groups is 2. The van der Waals surface area contributed by atoms with E-state index in [1.807, 2.05) is 68.4 Å². The minimum atomic E-state index is -0.488. The number of amides is 1. The van der Waals surface area contributed by atoms with Crippen LogP contribution in [-0.2, 0) is 22.4 Å². The van der Waals surface area contributed by atoms with E-state index in [1.165, 1.54) is 0 Å². The minimum absolute atomic E-state index is 0.380. The molecule has 4 aromatic rings. The van der Waals surface area contributed by atoms with Gasteiger partial charge < -0.3 is 10.1 Å². The first-order chi connectivity index (χ1) is 16.9. The van der Waals surface area contributed by atoms with E-state index in [-0.39, 0.29) is 6.61 Å². The fraction of sp³-hybridized carbons (Fsp3) is 0.286. The molecule has 1 amide bonds. The number of para-hydroxylation sites is 2. The van der Waals surface area contributed by atoms with Crippen molar-refractivity contribution in [2.24, 2.45) is 5.92 Å². The number of esters is 1. The van der Waals surface area contributed by atoms with Gasteiger partial charge in [0.05, 0.1) is 33.8 Å². The Morgan fingerprint density at radius 3 is 2.63 bits per heavy atom. The predicted molar refractivity (Wildman–Crippen MR) is 135 cm³/mol. The first kappa shape index (κ1) is 22.8. The van der Waals surface area contributed by atoms with Crippen molar-refractivity contribution in [3.63, 3.8) is 0 Å². The lowest BCUT2D eigenvalue weighted by atomic mass is 9.84. The third-order valence-electron chi connectivity index (χ3n) is 6.60. The highest BCUT2D eigenvalue weighted by atomic mass is 16.5. The van der Waals surface area contributed by atoms with Gasteiger partial charge in [-0.15, -0.1) is 0 Å². The molecule has 1 N–H and O–H groups in total. The van der Waals surface area contributed by atoms with Crippen molar-refractivity contribution in [3.05, 3.63) is 82.8 Å². The van der Waals surface area contributed by atoms with E-state index in [4.69, 9.17) is 9.72 Å². The van der Waals surface area contributed by atoms with Crippen molar-refractivity contribution in [1.29, 1.82) is 0 Å². The van der Waals surface area contributed by atoms with Crippen LogP contribution in [0.25, 0.3) is 16.6 Å². The number of ether oxygens (including phenoxy) is 1. The minimum Gasteiger partial charge on any atom is -0.452 e. The number of pyridine rings is 1. The summed E-state index contributed by atoms with van der Waals surface area (Å²) in [6.45, 7) is 5.53. The fourth-order valence-electron chi connectivity index (χ4n) is 4.82. The number of nitrogens with one attached hydrogen (secondary N) is 1. The van der Waals surface area contributed by atoms with Crippen LogP contribution in [0.4, 0.5) is 5.69 Å². The normalized spacial score (nSPS) is 15.0. The lowest BCUT2D eigenvalue weighted by molar-refractivity contribution is -0.119. The number of aryl methyl sites for hydroxylation is 2. The first-order valence-corrected chi connectivity index (χ1v) is 11.9. The number of anilines is 1. The molecule has 1 aliphatic carbocycles. The average molecular weight is 469 g/mol. The molecule has 2 heterocycles. The molecule has 0 radical (unpaired) electrons. The Kier molecular flexibility index (Phi) is 6.07. The number of carbonyl (C=O) groups excluding carboxylic acids is 2. The number of nitrogens with zero attached hydrogens (tertiary/aromatic N) is 3. The van der Waals surface area contributed by atoms with Gasteiger partial charge in [-0.25, -0.2) is 9.48 Å². The summed E-state index contributed by atoms with van der Waals surface area (Å²) in [7, 11) is 0. The van der Waals surface area contributed by atoms with Gasteiger partial charge in [-0.2, -0.15) is 5.10 Å². The van der Waals surface area contributed by atoms with Crippen LogP contribution in [-0.4, -0.2) is 33.2 Å². The van der Waals surface area contributed by atoms with Gasteiger partial charge in [-0.05, 0) is 62.8 Å². The van der Waals surface area contributed by atoms with E-state index in [9.17, 15) is 9.59 Å². The monoisotopic (exact) mass is 468 g/mol. The summed E-state index contributed by atoms with van der Waals surface area (Å²) in [6, 6.07) is 17.3. The van der Waals surface area contributed by atoms with Crippen molar-refractivity contribution in [2.75, 3.05) is 11.9 Å². The maximum atomic E-state index is 13.3. The number of fused-ring (bicyclic) bond motifs is 2. The Hall–Kier alpha value is -4.00. The number of hydrogen-bond acceptors (Lipinski definition) is 5. The first-order valence-electron chi connectivity index (χ1n) is 11.9. The third-order valence-corrected chi connectivity index (χ3v) is 6.60. The average Bonchev–Trinajstić information content (AvgIpc) is 3.14. The van der Waals surface area contributed by atoms with Crippen LogP contribution >= 0.6 is 0 Å². The van der Waals surface area contributed by atoms with Crippen molar-refractivity contribution in [2.45, 2.75) is 40.0 Å². The Labute approximate surface area is 204 Å². The number of hydrogen-bond donors (Lipinski definition) is 1. The topological polar surface area (TPSA) is 86.1 Å². The molecule has 0 fully saturated rings. The van der Waals surface area contributed by atoms with Crippen LogP contribution in [0.3, 0.4) is 0 Å². The van der Waals surface area contributed by atoms with E-state index in [1.54, 1.807) is 4.68 Å². The summed E-state index contributed by atoms with van der Waals surface area (Å²) in [4.78, 5) is 30.8. The quantitative estimate of drug-likeness (QED) is 0.419. The second-order valence-corrected chi connectivity index (χ2v) is 9.19. The lowest BCUT2D eigenvalue weighted by Gasteiger charge is -2.24. The Morgan fingerprint density at radius 2 is 1.83 bits per heavy atom. The van der Waals surface area contributed by atoms with Crippen molar-refractivity contribution in [1.82, 2.24) is 14.8 Å². The van der Waals surface area contributed by atoms with Crippen LogP contribution in [0.1, 0.15) is 46.3 Å². The van der Waals surface area contributed by atoms with Crippen LogP contribution in [0.5, 0.6) is 0 Å². The number of rotatable bonds is 5. The van der Waals surface area contributed by atoms with Crippen LogP contribution < -0.4 is 5.32 Å². The summed E-state index contributed by atoms with van der Waals surface area (Å²) in [6.07, 6.45) is 2.66. The summed E-state index contributed by atoms with van der Waals surface area (Å²) in [5.41, 5.74) is 6.23. The number of benzene rings is 2. The van der Waals surface area contributed by atoms with Crippen LogP contribution in [0.15, 0.2) is 54.6 Å². The smallest absolute Gasteiger partial charge is 0.339 e. The van der Waals surface area contributed by atoms with Crippen LogP contribution in [0, 0.1) is 19.8 Å². The van der Waals surface area contributed by atoms with E-state index in [0.717, 1.165) is 52.8 Å². The molecule has 2 aromatic heterocycles. The molecule has 35 heavy (non-hydrogen) atoms. The zero-order chi connectivity index (χ0) is 24.5. The largest absolute Gasteiger partial charge is 0.452 e. The highest BCUT2D eigenvalue weighted by Crippen LogP contribution is 2.32. The summed E-state index contributed by atoms with van der Waals surface area (Å²) in [5, 5.41) is 8.19. The maximum Gasteiger partial charge on any atom is 0.339 e. The molecule has 0 saturated carbocycles. The second-order valence-electron chi connectivity index (χ2n) is 9.19. The predicted octanol–water partition coefficient (Wildman–Crippen LogP) is 4.96. The Morgan fingerprint density at radius 1 is 1.09 bits per heavy atom. The van der Waals surface area contributed by atoms with Crippen LogP contribution in [0.2, 0.25) is 0 Å². The molecule has 0 aliphatic heterocycles. The third kappa shape index (κ3) is 4.41. The highest BCUT2D eigenvalue weighted by Gasteiger charge is 2.26. The maximum absolute atomic E-state index is 13.3. The zero-order valence-electron chi connectivity index (χ0n) is 20.2. The van der Waals surface area contributed by atoms with Crippen molar-refractivity contribution < 1.29 is 14.3 Å². The van der Waals surface area contributed by atoms with Gasteiger partial charge in [0.2, 0.25) is 0 Å². The fourth-order valence-corrected chi connectivity index (χ4v) is 4.82. The zero-order valence-corrected chi connectivity index (χ0v) is 20.2. The van der Waals surface area contributed by atoms with Gasteiger partial charge in [0.15, 0.2) is 6.61 Å². The van der Waals surface area contributed by atoms with E-state index >= 15 is 0 Å². The van der Waals surface area contributed by atoms with E-state index in [0.29, 0.717) is 22.9 Å².